The van der Waals surface area contributed by atoms with Gasteiger partial charge in [-0.15, -0.1) is 0 Å². The first-order valence-corrected chi connectivity index (χ1v) is 33.2. The summed E-state index contributed by atoms with van der Waals surface area (Å²) in [6, 6.07) is 123. The third-order valence-electron chi connectivity index (χ3n) is 18.1. The Morgan fingerprint density at radius 1 is 0.173 bits per heavy atom. The molecule has 0 bridgehead atoms. The molecule has 18 rings (SSSR count). The van der Waals surface area contributed by atoms with Crippen molar-refractivity contribution >= 4 is 76.2 Å². The summed E-state index contributed by atoms with van der Waals surface area (Å²) in [5.41, 5.74) is 15.1. The van der Waals surface area contributed by atoms with Crippen molar-refractivity contribution in [1.29, 1.82) is 0 Å². The lowest BCUT2D eigenvalue weighted by molar-refractivity contribution is 1.07. The number of nitrogens with zero attached hydrogens (tertiary/aromatic N) is 6. The third-order valence-corrected chi connectivity index (χ3v) is 18.3. The fourth-order valence-corrected chi connectivity index (χ4v) is 13.2. The highest BCUT2D eigenvalue weighted by atomic mass is 35.5. The van der Waals surface area contributed by atoms with Crippen molar-refractivity contribution in [2.75, 3.05) is 0 Å². The number of rotatable bonds is 9. The van der Waals surface area contributed by atoms with Gasteiger partial charge in [-0.25, -0.2) is 19.9 Å². The Morgan fingerprint density at radius 2 is 0.439 bits per heavy atom. The number of halogens is 1. The molecule has 2 heterocycles. The van der Waals surface area contributed by atoms with E-state index in [-0.39, 0.29) is 5.28 Å². The molecular formula is C91H61ClN6. The molecule has 0 unspecified atom stereocenters. The van der Waals surface area contributed by atoms with E-state index in [0.29, 0.717) is 29.1 Å². The van der Waals surface area contributed by atoms with Crippen LogP contribution in [0.25, 0.3) is 166 Å². The van der Waals surface area contributed by atoms with Gasteiger partial charge in [0.2, 0.25) is 5.28 Å². The number of benzene rings is 16. The van der Waals surface area contributed by atoms with E-state index in [9.17, 15) is 0 Å². The molecule has 0 aliphatic rings. The van der Waals surface area contributed by atoms with Crippen molar-refractivity contribution in [3.8, 4) is 101 Å². The monoisotopic (exact) mass is 1270 g/mol. The van der Waals surface area contributed by atoms with Gasteiger partial charge in [0.15, 0.2) is 29.1 Å². The summed E-state index contributed by atoms with van der Waals surface area (Å²) >= 11 is 6.27. The molecule has 0 fully saturated rings. The van der Waals surface area contributed by atoms with E-state index in [1.165, 1.54) is 81.3 Å². The van der Waals surface area contributed by atoms with Crippen LogP contribution < -0.4 is 0 Å². The molecule has 0 aliphatic carbocycles. The topological polar surface area (TPSA) is 77.3 Å². The fraction of sp³-hybridized carbons (Fsp3) is 0.0110. The molecule has 0 radical (unpaired) electrons. The Kier molecular flexibility index (Phi) is 16.6. The Morgan fingerprint density at radius 3 is 0.878 bits per heavy atom. The SMILES string of the molecule is Cc1ccc2ccc3c4ccccc4ccc3c2c1.Clc1nc(-c2ccc(-c3ccccc3)cc2)nc(-c2cccc(-c3ccccc3)c2)n1.c1ccc(-c2ccc(-c3nc(-c4cccc(-c5ccccc5)c4)nc(-c4ccc5ccc6c7ccccc7ccc6c5c4)n3)cc2)cc1. The number of aromatic nitrogens is 6. The quantitative estimate of drug-likeness (QED) is 0.134. The van der Waals surface area contributed by atoms with E-state index in [2.05, 4.69) is 296 Å². The summed E-state index contributed by atoms with van der Waals surface area (Å²) in [7, 11) is 0. The van der Waals surface area contributed by atoms with Gasteiger partial charge >= 0.3 is 0 Å². The van der Waals surface area contributed by atoms with Gasteiger partial charge in [-0.2, -0.15) is 9.97 Å². The van der Waals surface area contributed by atoms with Gasteiger partial charge in [-0.3, -0.25) is 0 Å². The van der Waals surface area contributed by atoms with Gasteiger partial charge in [0.1, 0.15) is 0 Å². The van der Waals surface area contributed by atoms with Crippen molar-refractivity contribution in [3.63, 3.8) is 0 Å². The maximum Gasteiger partial charge on any atom is 0.226 e. The van der Waals surface area contributed by atoms with Gasteiger partial charge in [0.05, 0.1) is 0 Å². The second kappa shape index (κ2) is 27.0. The molecule has 0 spiro atoms. The van der Waals surface area contributed by atoms with Crippen LogP contribution in [0.1, 0.15) is 5.56 Å². The van der Waals surface area contributed by atoms with E-state index in [1.807, 2.05) is 72.8 Å². The molecule has 0 aliphatic heterocycles. The molecule has 0 N–H and O–H groups in total. The number of hydrogen-bond donors (Lipinski definition) is 0. The summed E-state index contributed by atoms with van der Waals surface area (Å²) in [5.74, 6) is 3.04. The first-order chi connectivity index (χ1) is 48.3. The second-order valence-corrected chi connectivity index (χ2v) is 24.7. The van der Waals surface area contributed by atoms with Gasteiger partial charge in [0.25, 0.3) is 0 Å². The highest BCUT2D eigenvalue weighted by Crippen LogP contribution is 2.37. The van der Waals surface area contributed by atoms with E-state index in [1.54, 1.807) is 0 Å². The Bertz CT molecular complexity index is 5930. The summed E-state index contributed by atoms with van der Waals surface area (Å²) in [4.78, 5) is 28.7. The van der Waals surface area contributed by atoms with E-state index < -0.39 is 0 Å². The molecule has 0 saturated carbocycles. The smallest absolute Gasteiger partial charge is 0.208 e. The van der Waals surface area contributed by atoms with Crippen molar-refractivity contribution < 1.29 is 0 Å². The molecule has 6 nitrogen and oxygen atoms in total. The number of hydrogen-bond acceptors (Lipinski definition) is 6. The molecule has 2 aromatic heterocycles. The normalized spacial score (nSPS) is 11.2. The first kappa shape index (κ1) is 60.3. The van der Waals surface area contributed by atoms with Crippen LogP contribution in [0.4, 0.5) is 0 Å². The fourth-order valence-electron chi connectivity index (χ4n) is 13.1. The maximum atomic E-state index is 6.27. The first-order valence-electron chi connectivity index (χ1n) is 32.8. The van der Waals surface area contributed by atoms with Crippen LogP contribution in [0.3, 0.4) is 0 Å². The van der Waals surface area contributed by atoms with Crippen molar-refractivity contribution in [1.82, 2.24) is 29.9 Å². The zero-order chi connectivity index (χ0) is 65.7. The lowest BCUT2D eigenvalue weighted by atomic mass is 9.96. The second-order valence-electron chi connectivity index (χ2n) is 24.4. The Balaban J connectivity index is 0.000000128. The van der Waals surface area contributed by atoms with E-state index in [4.69, 9.17) is 31.5 Å². The number of aryl methyl sites for hydroxylation is 1. The maximum absolute atomic E-state index is 6.27. The Hall–Kier alpha value is -12.6. The molecule has 7 heteroatoms. The molecule has 0 atom stereocenters. The molecule has 16 aromatic carbocycles. The van der Waals surface area contributed by atoms with Gasteiger partial charge in [-0.1, -0.05) is 339 Å². The largest absolute Gasteiger partial charge is 0.226 e. The highest BCUT2D eigenvalue weighted by molar-refractivity contribution is 6.28. The zero-order valence-corrected chi connectivity index (χ0v) is 54.3. The molecular weight excluding hydrogens is 1210 g/mol. The minimum atomic E-state index is 0.178. The highest BCUT2D eigenvalue weighted by Gasteiger charge is 2.17. The zero-order valence-electron chi connectivity index (χ0n) is 53.5. The van der Waals surface area contributed by atoms with Crippen molar-refractivity contribution in [3.05, 3.63) is 363 Å². The molecule has 18 aromatic rings. The minimum absolute atomic E-state index is 0.178. The van der Waals surface area contributed by atoms with Gasteiger partial charge in [-0.05, 0) is 146 Å². The van der Waals surface area contributed by atoms with Crippen molar-refractivity contribution in [2.24, 2.45) is 0 Å². The molecule has 462 valence electrons. The van der Waals surface area contributed by atoms with Gasteiger partial charge in [0, 0.05) is 27.8 Å². The predicted octanol–water partition coefficient (Wildman–Crippen LogP) is 24.3. The van der Waals surface area contributed by atoms with Crippen LogP contribution in [-0.2, 0) is 0 Å². The van der Waals surface area contributed by atoms with Crippen molar-refractivity contribution in [2.45, 2.75) is 6.92 Å². The molecule has 0 saturated heterocycles. The molecule has 0 amide bonds. The minimum Gasteiger partial charge on any atom is -0.208 e. The van der Waals surface area contributed by atoms with E-state index >= 15 is 0 Å². The van der Waals surface area contributed by atoms with Crippen LogP contribution >= 0.6 is 11.6 Å². The summed E-state index contributed by atoms with van der Waals surface area (Å²) in [6.45, 7) is 2.15. The third kappa shape index (κ3) is 12.7. The van der Waals surface area contributed by atoms with Crippen LogP contribution in [-0.4, -0.2) is 29.9 Å². The van der Waals surface area contributed by atoms with Crippen LogP contribution in [0.5, 0.6) is 0 Å². The number of fused-ring (bicyclic) bond motifs is 10. The standard InChI is InChI=1S/C45H29N3.C27H18ClN3.C19H14/c1-3-10-30(11-4-1)32-18-21-35(22-19-32)43-46-44(37-16-9-15-36(28-37)31-12-5-2-6-13-31)48-45(47-43)38-23-20-34-25-26-40-39-17-8-7-14-33(39)24-27-41(40)42(34)29-38;28-27-30-25(22-16-14-21(15-17-22)19-8-3-1-4-9-19)29-26(31-27)24-13-7-12-23(18-24)20-10-5-2-6-11-20;1-13-6-7-15-9-10-17-16-5-3-2-4-14(16)8-11-18(17)19(15)12-13/h1-29H;1-18H;2-12H,1H3. The van der Waals surface area contributed by atoms with Crippen LogP contribution in [0, 0.1) is 6.92 Å². The predicted molar refractivity (Wildman–Crippen MR) is 410 cm³/mol. The average Bonchev–Trinajstić information content (AvgIpc) is 0.768. The lowest BCUT2D eigenvalue weighted by Gasteiger charge is -2.12. The lowest BCUT2D eigenvalue weighted by Crippen LogP contribution is -2.00. The summed E-state index contributed by atoms with van der Waals surface area (Å²) < 4.78 is 0. The van der Waals surface area contributed by atoms with Crippen LogP contribution in [0.2, 0.25) is 5.28 Å². The average molecular weight is 1270 g/mol. The van der Waals surface area contributed by atoms with E-state index in [0.717, 1.165) is 61.2 Å². The molecule has 98 heavy (non-hydrogen) atoms. The summed E-state index contributed by atoms with van der Waals surface area (Å²) in [6.07, 6.45) is 0. The van der Waals surface area contributed by atoms with Crippen LogP contribution in [0.15, 0.2) is 352 Å². The van der Waals surface area contributed by atoms with Gasteiger partial charge < -0.3 is 0 Å². The Labute approximate surface area is 573 Å². The summed E-state index contributed by atoms with van der Waals surface area (Å²) in [5, 5.41) is 15.5.